The van der Waals surface area contributed by atoms with Crippen molar-refractivity contribution in [2.75, 3.05) is 20.1 Å². The molecule has 0 spiro atoms. The molecule has 0 unspecified atom stereocenters. The van der Waals surface area contributed by atoms with Gasteiger partial charge in [-0.25, -0.2) is 0 Å². The molecular formula is C12H25NO2. The van der Waals surface area contributed by atoms with E-state index in [1.54, 1.807) is 0 Å². The van der Waals surface area contributed by atoms with Gasteiger partial charge in [0.25, 0.3) is 0 Å². The van der Waals surface area contributed by atoms with Crippen LogP contribution in [0, 0.1) is 0 Å². The highest BCUT2D eigenvalue weighted by molar-refractivity contribution is 5.69. The third-order valence-electron chi connectivity index (χ3n) is 2.13. The molecule has 0 aromatic carbocycles. The van der Waals surface area contributed by atoms with Crippen molar-refractivity contribution in [2.45, 2.75) is 52.6 Å². The van der Waals surface area contributed by atoms with Gasteiger partial charge < -0.3 is 9.64 Å². The smallest absolute Gasteiger partial charge is 0.306 e. The van der Waals surface area contributed by atoms with Gasteiger partial charge in [-0.1, -0.05) is 6.92 Å². The summed E-state index contributed by atoms with van der Waals surface area (Å²) in [5.74, 6) is -0.0818. The van der Waals surface area contributed by atoms with E-state index < -0.39 is 0 Å². The van der Waals surface area contributed by atoms with Gasteiger partial charge in [-0.2, -0.15) is 0 Å². The summed E-state index contributed by atoms with van der Waals surface area (Å²) in [6, 6.07) is 0. The maximum absolute atomic E-state index is 11.3. The van der Waals surface area contributed by atoms with Gasteiger partial charge in [-0.15, -0.1) is 0 Å². The van der Waals surface area contributed by atoms with Gasteiger partial charge in [0.2, 0.25) is 0 Å². The van der Waals surface area contributed by atoms with Gasteiger partial charge >= 0.3 is 5.97 Å². The van der Waals surface area contributed by atoms with Crippen LogP contribution in [0.25, 0.3) is 0 Å². The van der Waals surface area contributed by atoms with E-state index in [1.165, 1.54) is 0 Å². The zero-order valence-corrected chi connectivity index (χ0v) is 10.8. The van der Waals surface area contributed by atoms with Crippen LogP contribution in [-0.2, 0) is 9.53 Å². The second-order valence-electron chi connectivity index (χ2n) is 4.94. The molecule has 0 saturated heterocycles. The Labute approximate surface area is 93.8 Å². The molecule has 0 aliphatic heterocycles. The highest BCUT2D eigenvalue weighted by Gasteiger charge is 2.15. The predicted octanol–water partition coefficient (Wildman–Crippen LogP) is 2.45. The Morgan fingerprint density at radius 1 is 1.27 bits per heavy atom. The van der Waals surface area contributed by atoms with E-state index in [0.29, 0.717) is 6.42 Å². The summed E-state index contributed by atoms with van der Waals surface area (Å²) in [5.41, 5.74) is -0.350. The number of hydrogen-bond donors (Lipinski definition) is 0. The molecule has 0 radical (unpaired) electrons. The third-order valence-corrected chi connectivity index (χ3v) is 2.13. The molecule has 0 bridgehead atoms. The number of rotatable bonds is 6. The summed E-state index contributed by atoms with van der Waals surface area (Å²) in [5, 5.41) is 0. The molecule has 3 nitrogen and oxygen atoms in total. The Morgan fingerprint density at radius 3 is 2.33 bits per heavy atom. The summed E-state index contributed by atoms with van der Waals surface area (Å²) < 4.78 is 5.22. The van der Waals surface area contributed by atoms with Crippen LogP contribution >= 0.6 is 0 Å². The monoisotopic (exact) mass is 215 g/mol. The Hall–Kier alpha value is -0.570. The third kappa shape index (κ3) is 9.73. The van der Waals surface area contributed by atoms with Gasteiger partial charge in [0.15, 0.2) is 0 Å². The number of carbonyl (C=O) groups is 1. The van der Waals surface area contributed by atoms with Gasteiger partial charge in [-0.05, 0) is 53.8 Å². The summed E-state index contributed by atoms with van der Waals surface area (Å²) in [6.07, 6.45) is 2.51. The quantitative estimate of drug-likeness (QED) is 0.503. The maximum Gasteiger partial charge on any atom is 0.306 e. The van der Waals surface area contributed by atoms with Gasteiger partial charge in [0.05, 0.1) is 0 Å². The SMILES string of the molecule is CCN(C)CCCCC(=O)OC(C)(C)C. The maximum atomic E-state index is 11.3. The van der Waals surface area contributed by atoms with Crippen molar-refractivity contribution in [2.24, 2.45) is 0 Å². The number of hydrogen-bond acceptors (Lipinski definition) is 3. The molecule has 0 fully saturated rings. The molecule has 3 heteroatoms. The number of ether oxygens (including phenoxy) is 1. The standard InChI is InChI=1S/C12H25NO2/c1-6-13(5)10-8-7-9-11(14)15-12(2,3)4/h6-10H2,1-5H3. The van der Waals surface area contributed by atoms with Crippen LogP contribution in [-0.4, -0.2) is 36.6 Å². The van der Waals surface area contributed by atoms with Crippen LogP contribution in [0.4, 0.5) is 0 Å². The Kier molecular flexibility index (Phi) is 6.57. The first-order chi connectivity index (χ1) is 6.85. The van der Waals surface area contributed by atoms with Crippen LogP contribution in [0.5, 0.6) is 0 Å². The molecule has 0 aliphatic carbocycles. The highest BCUT2D eigenvalue weighted by Crippen LogP contribution is 2.09. The van der Waals surface area contributed by atoms with E-state index in [9.17, 15) is 4.79 Å². The molecular weight excluding hydrogens is 190 g/mol. The van der Waals surface area contributed by atoms with Gasteiger partial charge in [0, 0.05) is 6.42 Å². The Morgan fingerprint density at radius 2 is 1.87 bits per heavy atom. The van der Waals surface area contributed by atoms with Crippen molar-refractivity contribution in [1.82, 2.24) is 4.90 Å². The molecule has 0 aliphatic rings. The lowest BCUT2D eigenvalue weighted by molar-refractivity contribution is -0.154. The fraction of sp³-hybridized carbons (Fsp3) is 0.917. The van der Waals surface area contributed by atoms with E-state index in [-0.39, 0.29) is 11.6 Å². The number of nitrogens with zero attached hydrogens (tertiary/aromatic N) is 1. The van der Waals surface area contributed by atoms with Crippen molar-refractivity contribution < 1.29 is 9.53 Å². The topological polar surface area (TPSA) is 29.5 Å². The Bertz CT molecular complexity index is 185. The van der Waals surface area contributed by atoms with E-state index in [0.717, 1.165) is 25.9 Å². The molecule has 0 aromatic rings. The second-order valence-corrected chi connectivity index (χ2v) is 4.94. The first kappa shape index (κ1) is 14.4. The van der Waals surface area contributed by atoms with Crippen LogP contribution in [0.1, 0.15) is 47.0 Å². The average Bonchev–Trinajstić information content (AvgIpc) is 2.09. The molecule has 0 N–H and O–H groups in total. The lowest BCUT2D eigenvalue weighted by atomic mass is 10.2. The van der Waals surface area contributed by atoms with Gasteiger partial charge in [0.1, 0.15) is 5.60 Å². The van der Waals surface area contributed by atoms with E-state index in [1.807, 2.05) is 20.8 Å². The predicted molar refractivity (Wildman–Crippen MR) is 62.9 cm³/mol. The minimum atomic E-state index is -0.350. The number of esters is 1. The molecule has 15 heavy (non-hydrogen) atoms. The Balaban J connectivity index is 3.48. The molecule has 90 valence electrons. The lowest BCUT2D eigenvalue weighted by Crippen LogP contribution is -2.24. The van der Waals surface area contributed by atoms with Crippen molar-refractivity contribution in [3.8, 4) is 0 Å². The largest absolute Gasteiger partial charge is 0.460 e. The van der Waals surface area contributed by atoms with Crippen LogP contribution in [0.3, 0.4) is 0 Å². The molecule has 0 heterocycles. The van der Waals surface area contributed by atoms with E-state index in [4.69, 9.17) is 4.74 Å². The number of unbranched alkanes of at least 4 members (excludes halogenated alkanes) is 1. The van der Waals surface area contributed by atoms with Crippen molar-refractivity contribution >= 4 is 5.97 Å². The summed E-state index contributed by atoms with van der Waals surface area (Å²) in [7, 11) is 2.09. The van der Waals surface area contributed by atoms with Crippen molar-refractivity contribution in [1.29, 1.82) is 0 Å². The molecule has 0 aromatic heterocycles. The number of carbonyl (C=O) groups excluding carboxylic acids is 1. The molecule has 0 saturated carbocycles. The van der Waals surface area contributed by atoms with Crippen LogP contribution in [0.15, 0.2) is 0 Å². The van der Waals surface area contributed by atoms with Crippen molar-refractivity contribution in [3.05, 3.63) is 0 Å². The minimum absolute atomic E-state index is 0.0818. The second kappa shape index (κ2) is 6.83. The summed E-state index contributed by atoms with van der Waals surface area (Å²) >= 11 is 0. The molecule has 0 amide bonds. The lowest BCUT2D eigenvalue weighted by Gasteiger charge is -2.19. The van der Waals surface area contributed by atoms with Crippen LogP contribution < -0.4 is 0 Å². The van der Waals surface area contributed by atoms with E-state index in [2.05, 4.69) is 18.9 Å². The fourth-order valence-electron chi connectivity index (χ4n) is 1.20. The average molecular weight is 215 g/mol. The van der Waals surface area contributed by atoms with Crippen molar-refractivity contribution in [3.63, 3.8) is 0 Å². The normalized spacial score (nSPS) is 11.9. The van der Waals surface area contributed by atoms with Gasteiger partial charge in [-0.3, -0.25) is 4.79 Å². The van der Waals surface area contributed by atoms with E-state index >= 15 is 0 Å². The summed E-state index contributed by atoms with van der Waals surface area (Å²) in [4.78, 5) is 13.6. The zero-order chi connectivity index (χ0) is 11.9. The summed E-state index contributed by atoms with van der Waals surface area (Å²) in [6.45, 7) is 9.95. The highest BCUT2D eigenvalue weighted by atomic mass is 16.6. The fourth-order valence-corrected chi connectivity index (χ4v) is 1.20. The zero-order valence-electron chi connectivity index (χ0n) is 10.8. The van der Waals surface area contributed by atoms with Crippen LogP contribution in [0.2, 0.25) is 0 Å². The molecule has 0 rings (SSSR count). The first-order valence-corrected chi connectivity index (χ1v) is 5.75. The molecule has 0 atom stereocenters. The first-order valence-electron chi connectivity index (χ1n) is 5.75. The minimum Gasteiger partial charge on any atom is -0.460 e.